The van der Waals surface area contributed by atoms with Gasteiger partial charge in [-0.2, -0.15) is 0 Å². The van der Waals surface area contributed by atoms with Crippen LogP contribution in [0, 0.1) is 19.8 Å². The maximum atomic E-state index is 12.7. The van der Waals surface area contributed by atoms with E-state index in [0.717, 1.165) is 17.2 Å². The molecule has 6 heteroatoms. The third kappa shape index (κ3) is 3.57. The van der Waals surface area contributed by atoms with Gasteiger partial charge in [0.05, 0.1) is 11.5 Å². The molecule has 0 radical (unpaired) electrons. The van der Waals surface area contributed by atoms with Gasteiger partial charge >= 0.3 is 5.97 Å². The minimum Gasteiger partial charge on any atom is -0.481 e. The van der Waals surface area contributed by atoms with E-state index < -0.39 is 5.97 Å². The number of carboxylic acids is 1. The van der Waals surface area contributed by atoms with Gasteiger partial charge in [0, 0.05) is 23.6 Å². The number of rotatable bonds is 4. The maximum Gasteiger partial charge on any atom is 0.306 e. The SMILES string of the molecule is Cc1cc(C(=O)NC2CCC(C(=O)O)CC2)c(C)n1-c1ccccn1. The Balaban J connectivity index is 1.73. The Morgan fingerprint density at radius 3 is 2.52 bits per heavy atom. The van der Waals surface area contributed by atoms with Gasteiger partial charge in [-0.3, -0.25) is 9.59 Å². The topological polar surface area (TPSA) is 84.2 Å². The van der Waals surface area contributed by atoms with Crippen LogP contribution in [0.2, 0.25) is 0 Å². The molecule has 1 aliphatic rings. The van der Waals surface area contributed by atoms with E-state index >= 15 is 0 Å². The average Bonchev–Trinajstić information content (AvgIpc) is 2.90. The first-order valence-electron chi connectivity index (χ1n) is 8.61. The van der Waals surface area contributed by atoms with Crippen LogP contribution in [0.3, 0.4) is 0 Å². The fourth-order valence-corrected chi connectivity index (χ4v) is 3.58. The van der Waals surface area contributed by atoms with Crippen molar-refractivity contribution in [2.24, 2.45) is 5.92 Å². The molecule has 25 heavy (non-hydrogen) atoms. The summed E-state index contributed by atoms with van der Waals surface area (Å²) in [4.78, 5) is 28.1. The Kier molecular flexibility index (Phi) is 4.88. The summed E-state index contributed by atoms with van der Waals surface area (Å²) in [7, 11) is 0. The Labute approximate surface area is 146 Å². The number of nitrogens with zero attached hydrogens (tertiary/aromatic N) is 2. The number of hydrogen-bond acceptors (Lipinski definition) is 3. The molecular formula is C19H23N3O3. The van der Waals surface area contributed by atoms with Gasteiger partial charge in [0.25, 0.3) is 5.91 Å². The molecule has 3 rings (SSSR count). The van der Waals surface area contributed by atoms with Gasteiger partial charge in [-0.1, -0.05) is 6.07 Å². The van der Waals surface area contributed by atoms with Gasteiger partial charge < -0.3 is 15.0 Å². The summed E-state index contributed by atoms with van der Waals surface area (Å²) in [5.41, 5.74) is 2.45. The molecule has 132 valence electrons. The summed E-state index contributed by atoms with van der Waals surface area (Å²) >= 11 is 0. The highest BCUT2D eigenvalue weighted by molar-refractivity contribution is 5.96. The van der Waals surface area contributed by atoms with Crippen molar-refractivity contribution in [3.05, 3.63) is 47.4 Å². The van der Waals surface area contributed by atoms with Crippen molar-refractivity contribution in [2.45, 2.75) is 45.6 Å². The van der Waals surface area contributed by atoms with Crippen molar-refractivity contribution in [1.29, 1.82) is 0 Å². The van der Waals surface area contributed by atoms with Crippen LogP contribution >= 0.6 is 0 Å². The average molecular weight is 341 g/mol. The van der Waals surface area contributed by atoms with Crippen LogP contribution in [0.15, 0.2) is 30.5 Å². The molecule has 0 atom stereocenters. The summed E-state index contributed by atoms with van der Waals surface area (Å²) in [6.07, 6.45) is 4.39. The lowest BCUT2D eigenvalue weighted by Crippen LogP contribution is -2.38. The van der Waals surface area contributed by atoms with E-state index in [4.69, 9.17) is 5.11 Å². The van der Waals surface area contributed by atoms with Crippen molar-refractivity contribution in [3.8, 4) is 5.82 Å². The Morgan fingerprint density at radius 2 is 1.92 bits per heavy atom. The first-order chi connectivity index (χ1) is 12.0. The van der Waals surface area contributed by atoms with Crippen LogP contribution in [0.25, 0.3) is 5.82 Å². The minimum absolute atomic E-state index is 0.0426. The molecule has 2 aromatic heterocycles. The van der Waals surface area contributed by atoms with E-state index in [9.17, 15) is 9.59 Å². The predicted molar refractivity (Wildman–Crippen MR) is 93.9 cm³/mol. The van der Waals surface area contributed by atoms with Crippen LogP contribution in [0.4, 0.5) is 0 Å². The lowest BCUT2D eigenvalue weighted by molar-refractivity contribution is -0.142. The fourth-order valence-electron chi connectivity index (χ4n) is 3.58. The van der Waals surface area contributed by atoms with E-state index in [0.29, 0.717) is 31.2 Å². The smallest absolute Gasteiger partial charge is 0.306 e. The number of nitrogens with one attached hydrogen (secondary N) is 1. The first-order valence-corrected chi connectivity index (χ1v) is 8.61. The first kappa shape index (κ1) is 17.2. The second-order valence-electron chi connectivity index (χ2n) is 6.67. The standard InChI is InChI=1S/C19H23N3O3/c1-12-11-16(13(2)22(12)17-5-3-4-10-20-17)18(23)21-15-8-6-14(7-9-15)19(24)25/h3-5,10-11,14-15H,6-9H2,1-2H3,(H,21,23)(H,24,25). The van der Waals surface area contributed by atoms with Crippen molar-refractivity contribution in [2.75, 3.05) is 0 Å². The van der Waals surface area contributed by atoms with E-state index in [1.54, 1.807) is 6.20 Å². The molecule has 2 N–H and O–H groups in total. The van der Waals surface area contributed by atoms with Crippen LogP contribution in [-0.4, -0.2) is 32.6 Å². The van der Waals surface area contributed by atoms with Crippen LogP contribution < -0.4 is 5.32 Å². The van der Waals surface area contributed by atoms with Crippen molar-refractivity contribution in [3.63, 3.8) is 0 Å². The summed E-state index contributed by atoms with van der Waals surface area (Å²) in [5.74, 6) is -0.321. The number of pyridine rings is 1. The summed E-state index contributed by atoms with van der Waals surface area (Å²) < 4.78 is 1.97. The molecule has 6 nitrogen and oxygen atoms in total. The Morgan fingerprint density at radius 1 is 1.20 bits per heavy atom. The van der Waals surface area contributed by atoms with E-state index in [1.165, 1.54) is 0 Å². The largest absolute Gasteiger partial charge is 0.481 e. The Hall–Kier alpha value is -2.63. The molecule has 0 bridgehead atoms. The summed E-state index contributed by atoms with van der Waals surface area (Å²) in [6, 6.07) is 7.61. The molecule has 1 saturated carbocycles. The van der Waals surface area contributed by atoms with Gasteiger partial charge in [-0.15, -0.1) is 0 Å². The molecule has 1 amide bonds. The zero-order valence-corrected chi connectivity index (χ0v) is 14.5. The number of aliphatic carboxylic acids is 1. The predicted octanol–water partition coefficient (Wildman–Crippen LogP) is 2.86. The number of amides is 1. The molecule has 0 aromatic carbocycles. The number of carbonyl (C=O) groups excluding carboxylic acids is 1. The van der Waals surface area contributed by atoms with Crippen molar-refractivity contribution in [1.82, 2.24) is 14.9 Å². The van der Waals surface area contributed by atoms with E-state index in [-0.39, 0.29) is 17.9 Å². The lowest BCUT2D eigenvalue weighted by Gasteiger charge is -2.26. The van der Waals surface area contributed by atoms with Crippen LogP contribution in [-0.2, 0) is 4.79 Å². The highest BCUT2D eigenvalue weighted by Crippen LogP contribution is 2.25. The molecular weight excluding hydrogens is 318 g/mol. The van der Waals surface area contributed by atoms with Gasteiger partial charge in [-0.25, -0.2) is 4.98 Å². The third-order valence-corrected chi connectivity index (χ3v) is 4.97. The minimum atomic E-state index is -0.733. The van der Waals surface area contributed by atoms with Crippen LogP contribution in [0.1, 0.15) is 47.4 Å². The lowest BCUT2D eigenvalue weighted by atomic mass is 9.86. The number of hydrogen-bond donors (Lipinski definition) is 2. The third-order valence-electron chi connectivity index (χ3n) is 4.97. The normalized spacial score (nSPS) is 20.2. The molecule has 0 aliphatic heterocycles. The highest BCUT2D eigenvalue weighted by Gasteiger charge is 2.27. The second-order valence-corrected chi connectivity index (χ2v) is 6.67. The molecule has 0 saturated heterocycles. The van der Waals surface area contributed by atoms with Gasteiger partial charge in [0.15, 0.2) is 0 Å². The summed E-state index contributed by atoms with van der Waals surface area (Å²) in [5, 5.41) is 12.1. The monoisotopic (exact) mass is 341 g/mol. The second kappa shape index (κ2) is 7.09. The Bertz CT molecular complexity index is 775. The van der Waals surface area contributed by atoms with Gasteiger partial charge in [0.1, 0.15) is 5.82 Å². The quantitative estimate of drug-likeness (QED) is 0.895. The fraction of sp³-hybridized carbons (Fsp3) is 0.421. The van der Waals surface area contributed by atoms with Crippen LogP contribution in [0.5, 0.6) is 0 Å². The zero-order valence-electron chi connectivity index (χ0n) is 14.5. The van der Waals surface area contributed by atoms with Crippen molar-refractivity contribution >= 4 is 11.9 Å². The molecule has 2 aromatic rings. The zero-order chi connectivity index (χ0) is 18.0. The number of aryl methyl sites for hydroxylation is 1. The van der Waals surface area contributed by atoms with Gasteiger partial charge in [0.2, 0.25) is 0 Å². The van der Waals surface area contributed by atoms with Crippen molar-refractivity contribution < 1.29 is 14.7 Å². The van der Waals surface area contributed by atoms with E-state index in [2.05, 4.69) is 10.3 Å². The molecule has 2 heterocycles. The molecule has 0 spiro atoms. The van der Waals surface area contributed by atoms with E-state index in [1.807, 2.05) is 42.7 Å². The number of aromatic nitrogens is 2. The number of carbonyl (C=O) groups is 2. The maximum absolute atomic E-state index is 12.7. The molecule has 1 fully saturated rings. The molecule has 1 aliphatic carbocycles. The molecule has 0 unspecified atom stereocenters. The van der Waals surface area contributed by atoms with Gasteiger partial charge in [-0.05, 0) is 57.7 Å². The summed E-state index contributed by atoms with van der Waals surface area (Å²) in [6.45, 7) is 3.87. The highest BCUT2D eigenvalue weighted by atomic mass is 16.4. The number of carboxylic acid groups (broad SMARTS) is 1.